The first-order chi connectivity index (χ1) is 13.7. The maximum Gasteiger partial charge on any atom is 0.0793 e. The molecule has 158 valence electrons. The van der Waals surface area contributed by atoms with Crippen LogP contribution in [0.25, 0.3) is 0 Å². The lowest BCUT2D eigenvalue weighted by Gasteiger charge is -2.17. The molecule has 2 aromatic carbocycles. The molecule has 0 bridgehead atoms. The molecule has 5 N–H and O–H groups in total. The summed E-state index contributed by atoms with van der Waals surface area (Å²) < 4.78 is 3.42. The van der Waals surface area contributed by atoms with Crippen molar-refractivity contribution in [1.82, 2.24) is 5.43 Å². The Balaban J connectivity index is 0.000000687. The molecule has 7 heteroatoms. The van der Waals surface area contributed by atoms with Gasteiger partial charge in [0.25, 0.3) is 0 Å². The number of fused-ring (bicyclic) bond motifs is 1. The summed E-state index contributed by atoms with van der Waals surface area (Å²) in [6.07, 6.45) is 3.72. The molecule has 1 unspecified atom stereocenters. The average molecular weight is 453 g/mol. The number of rotatable bonds is 6. The van der Waals surface area contributed by atoms with Gasteiger partial charge >= 0.3 is 0 Å². The van der Waals surface area contributed by atoms with Crippen molar-refractivity contribution < 1.29 is 0 Å². The lowest BCUT2D eigenvalue weighted by molar-refractivity contribution is 0.378. The average Bonchev–Trinajstić information content (AvgIpc) is 3.09. The van der Waals surface area contributed by atoms with Crippen LogP contribution in [-0.2, 0) is 6.42 Å². The van der Waals surface area contributed by atoms with Crippen molar-refractivity contribution in [3.63, 3.8) is 0 Å². The van der Waals surface area contributed by atoms with E-state index in [1.165, 1.54) is 23.1 Å². The minimum absolute atomic E-state index is 0.0728. The second-order valence-electron chi connectivity index (χ2n) is 8.01. The Labute approximate surface area is 188 Å². The Kier molecular flexibility index (Phi) is 9.03. The summed E-state index contributed by atoms with van der Waals surface area (Å²) in [4.78, 5) is 1.18. The van der Waals surface area contributed by atoms with Crippen molar-refractivity contribution in [3.8, 4) is 0 Å². The molecule has 1 aliphatic heterocycles. The lowest BCUT2D eigenvalue weighted by Crippen LogP contribution is -2.11. The fourth-order valence-electron chi connectivity index (χ4n) is 2.83. The first kappa shape index (κ1) is 23.7. The summed E-state index contributed by atoms with van der Waals surface area (Å²) in [5.41, 5.74) is 6.98. The predicted octanol–water partition coefficient (Wildman–Crippen LogP) is 6.74. The van der Waals surface area contributed by atoms with E-state index in [1.807, 2.05) is 12.1 Å². The molecule has 29 heavy (non-hydrogen) atoms. The number of alkyl halides is 1. The normalized spacial score (nSPS) is 14.9. The minimum atomic E-state index is -0.0728. The van der Waals surface area contributed by atoms with Crippen LogP contribution in [0.3, 0.4) is 0 Å². The van der Waals surface area contributed by atoms with E-state index < -0.39 is 0 Å². The van der Waals surface area contributed by atoms with E-state index in [-0.39, 0.29) is 5.38 Å². The summed E-state index contributed by atoms with van der Waals surface area (Å²) in [5.74, 6) is 4.66. The Morgan fingerprint density at radius 3 is 2.48 bits per heavy atom. The van der Waals surface area contributed by atoms with Crippen LogP contribution in [-0.4, -0.2) is 6.54 Å². The van der Waals surface area contributed by atoms with Gasteiger partial charge in [-0.05, 0) is 60.0 Å². The molecule has 0 saturated carbocycles. The second kappa shape index (κ2) is 11.0. The van der Waals surface area contributed by atoms with Gasteiger partial charge in [-0.2, -0.15) is 0 Å². The van der Waals surface area contributed by atoms with E-state index >= 15 is 0 Å². The van der Waals surface area contributed by atoms with Gasteiger partial charge in [0.15, 0.2) is 0 Å². The zero-order valence-corrected chi connectivity index (χ0v) is 19.5. The molecule has 4 nitrogen and oxygen atoms in total. The van der Waals surface area contributed by atoms with Gasteiger partial charge in [0.1, 0.15) is 0 Å². The van der Waals surface area contributed by atoms with E-state index in [1.54, 1.807) is 11.9 Å². The summed E-state index contributed by atoms with van der Waals surface area (Å²) in [7, 11) is 0. The molecule has 1 heterocycles. The smallest absolute Gasteiger partial charge is 0.0793 e. The van der Waals surface area contributed by atoms with E-state index in [0.717, 1.165) is 28.4 Å². The van der Waals surface area contributed by atoms with Gasteiger partial charge in [-0.1, -0.05) is 51.1 Å². The zero-order chi connectivity index (χ0) is 21.4. The standard InChI is InChI=1S/C20H24Cl2N2S.C2H6N2/c1-20(2,3)11-10-13-4-6-14(7-5-13)25-24-17-9-8-15(21)18-16(22)12-23-19(17)18;1-2-4-3/h4-9,16,23-24H,10-12H2,1-3H3;2,4H,1,3H2. The lowest BCUT2D eigenvalue weighted by atomic mass is 9.89. The molecule has 0 fully saturated rings. The first-order valence-electron chi connectivity index (χ1n) is 9.54. The molecular formula is C22H30Cl2N4S. The zero-order valence-electron chi connectivity index (χ0n) is 17.2. The quantitative estimate of drug-likeness (QED) is 0.169. The number of nitrogens with two attached hydrogens (primary N) is 1. The van der Waals surface area contributed by atoms with Crippen molar-refractivity contribution >= 4 is 46.5 Å². The maximum absolute atomic E-state index is 6.33. The van der Waals surface area contributed by atoms with Crippen LogP contribution in [0.2, 0.25) is 5.02 Å². The number of aryl methyl sites for hydroxylation is 1. The predicted molar refractivity (Wildman–Crippen MR) is 130 cm³/mol. The van der Waals surface area contributed by atoms with E-state index in [0.29, 0.717) is 12.0 Å². The fraction of sp³-hybridized carbons (Fsp3) is 0.364. The van der Waals surface area contributed by atoms with Crippen LogP contribution in [0.15, 0.2) is 54.1 Å². The number of halogens is 2. The minimum Gasteiger partial charge on any atom is -0.381 e. The van der Waals surface area contributed by atoms with Crippen LogP contribution >= 0.6 is 35.1 Å². The van der Waals surface area contributed by atoms with Crippen molar-refractivity contribution in [1.29, 1.82) is 0 Å². The third kappa shape index (κ3) is 7.34. The van der Waals surface area contributed by atoms with Gasteiger partial charge in [-0.3, -0.25) is 5.84 Å². The van der Waals surface area contributed by atoms with Gasteiger partial charge in [-0.15, -0.1) is 11.6 Å². The number of nitrogens with one attached hydrogen (secondary N) is 3. The highest BCUT2D eigenvalue weighted by Crippen LogP contribution is 2.44. The van der Waals surface area contributed by atoms with E-state index in [9.17, 15) is 0 Å². The summed E-state index contributed by atoms with van der Waals surface area (Å²) >= 11 is 14.2. The molecule has 2 aromatic rings. The summed E-state index contributed by atoms with van der Waals surface area (Å²) in [5, 5.41) is 3.99. The van der Waals surface area contributed by atoms with Gasteiger partial charge in [0.2, 0.25) is 0 Å². The van der Waals surface area contributed by atoms with Crippen molar-refractivity contribution in [2.24, 2.45) is 11.3 Å². The number of hydrogen-bond acceptors (Lipinski definition) is 5. The highest BCUT2D eigenvalue weighted by atomic mass is 35.5. The molecule has 0 saturated heterocycles. The molecule has 1 atom stereocenters. The van der Waals surface area contributed by atoms with Crippen LogP contribution in [0, 0.1) is 5.41 Å². The Bertz CT molecular complexity index is 804. The van der Waals surface area contributed by atoms with Crippen LogP contribution in [0.5, 0.6) is 0 Å². The molecule has 0 amide bonds. The first-order valence-corrected chi connectivity index (χ1v) is 11.2. The van der Waals surface area contributed by atoms with Crippen LogP contribution in [0.4, 0.5) is 11.4 Å². The van der Waals surface area contributed by atoms with E-state index in [4.69, 9.17) is 23.2 Å². The SMILES string of the molecule is C=CNN.CC(C)(C)CCc1ccc(SNc2ccc(Cl)c3c2NCC3Cl)cc1. The Morgan fingerprint density at radius 1 is 1.24 bits per heavy atom. The number of anilines is 2. The summed E-state index contributed by atoms with van der Waals surface area (Å²) in [6.45, 7) is 10.8. The monoisotopic (exact) mass is 452 g/mol. The van der Waals surface area contributed by atoms with Gasteiger partial charge in [0.05, 0.1) is 16.8 Å². The molecule has 0 radical (unpaired) electrons. The largest absolute Gasteiger partial charge is 0.381 e. The van der Waals surface area contributed by atoms with Crippen molar-refractivity contribution in [2.75, 3.05) is 16.6 Å². The third-order valence-electron chi connectivity index (χ3n) is 4.45. The second-order valence-corrected chi connectivity index (χ2v) is 9.83. The molecule has 3 rings (SSSR count). The summed E-state index contributed by atoms with van der Waals surface area (Å²) in [6, 6.07) is 12.7. The number of hydrogen-bond donors (Lipinski definition) is 4. The number of benzene rings is 2. The Morgan fingerprint density at radius 2 is 1.90 bits per heavy atom. The maximum atomic E-state index is 6.33. The highest BCUT2D eigenvalue weighted by Gasteiger charge is 2.25. The van der Waals surface area contributed by atoms with Crippen LogP contribution < -0.4 is 21.3 Å². The molecule has 0 aliphatic carbocycles. The molecule has 1 aliphatic rings. The fourth-order valence-corrected chi connectivity index (χ4v) is 4.15. The number of hydrazine groups is 1. The molecular weight excluding hydrogens is 423 g/mol. The van der Waals surface area contributed by atoms with Gasteiger partial charge < -0.3 is 15.5 Å². The van der Waals surface area contributed by atoms with Crippen molar-refractivity contribution in [2.45, 2.75) is 43.9 Å². The third-order valence-corrected chi connectivity index (χ3v) is 5.98. The van der Waals surface area contributed by atoms with Crippen LogP contribution in [0.1, 0.15) is 43.7 Å². The van der Waals surface area contributed by atoms with Gasteiger partial charge in [-0.25, -0.2) is 0 Å². The highest BCUT2D eigenvalue weighted by molar-refractivity contribution is 8.00. The Hall–Kier alpha value is -1.53. The van der Waals surface area contributed by atoms with E-state index in [2.05, 4.69) is 72.9 Å². The molecule has 0 aromatic heterocycles. The topological polar surface area (TPSA) is 62.1 Å². The van der Waals surface area contributed by atoms with Gasteiger partial charge in [0, 0.05) is 28.2 Å². The van der Waals surface area contributed by atoms with Crippen molar-refractivity contribution in [3.05, 3.63) is 65.3 Å². The molecule has 0 spiro atoms.